The van der Waals surface area contributed by atoms with E-state index in [0.717, 1.165) is 32.1 Å². The van der Waals surface area contributed by atoms with Crippen molar-refractivity contribution >= 4 is 23.5 Å². The summed E-state index contributed by atoms with van der Waals surface area (Å²) in [6.45, 7) is 6.45. The lowest BCUT2D eigenvalue weighted by Gasteiger charge is -2.33. The summed E-state index contributed by atoms with van der Waals surface area (Å²) in [7, 11) is 2.78. The molecule has 26 heavy (non-hydrogen) atoms. The van der Waals surface area contributed by atoms with Gasteiger partial charge in [0.05, 0.1) is 26.1 Å². The van der Waals surface area contributed by atoms with Crippen LogP contribution >= 0.6 is 11.6 Å². The summed E-state index contributed by atoms with van der Waals surface area (Å²) >= 11 is 6.25. The zero-order valence-electron chi connectivity index (χ0n) is 17.2. The zero-order valence-corrected chi connectivity index (χ0v) is 17.9. The molecule has 4 unspecified atom stereocenters. The Bertz CT molecular complexity index is 444. The number of hydrogen-bond donors (Lipinski definition) is 0. The Morgan fingerprint density at radius 2 is 1.62 bits per heavy atom. The van der Waals surface area contributed by atoms with Gasteiger partial charge in [0.15, 0.2) is 0 Å². The largest absolute Gasteiger partial charge is 0.469 e. The van der Waals surface area contributed by atoms with Gasteiger partial charge in [-0.3, -0.25) is 9.59 Å². The monoisotopic (exact) mass is 388 g/mol. The van der Waals surface area contributed by atoms with Crippen LogP contribution in [0.4, 0.5) is 0 Å². The highest BCUT2D eigenvalue weighted by Crippen LogP contribution is 2.38. The van der Waals surface area contributed by atoms with E-state index in [1.54, 1.807) is 0 Å². The molecule has 4 nitrogen and oxygen atoms in total. The number of methoxy groups -OCH3 is 2. The first-order chi connectivity index (χ1) is 12.2. The summed E-state index contributed by atoms with van der Waals surface area (Å²) in [6.07, 6.45) is 9.39. The fourth-order valence-corrected chi connectivity index (χ4v) is 4.27. The average molecular weight is 389 g/mol. The van der Waals surface area contributed by atoms with Gasteiger partial charge in [-0.15, -0.1) is 11.6 Å². The molecule has 1 aliphatic carbocycles. The minimum Gasteiger partial charge on any atom is -0.469 e. The SMILES string of the molecule is COC(=O)C1CCC(CCCC(C)CCCC(C)(C)Cl)CC1C(=O)OC. The second-order valence-electron chi connectivity index (χ2n) is 8.59. The molecule has 5 heteroatoms. The third-order valence-electron chi connectivity index (χ3n) is 5.74. The molecule has 0 bridgehead atoms. The third-order valence-corrected chi connectivity index (χ3v) is 5.93. The Balaban J connectivity index is 2.37. The third kappa shape index (κ3) is 8.28. The molecule has 0 saturated heterocycles. The number of ether oxygens (including phenoxy) is 2. The minimum atomic E-state index is -0.352. The number of halogens is 1. The first-order valence-electron chi connectivity index (χ1n) is 10.0. The molecule has 4 atom stereocenters. The van der Waals surface area contributed by atoms with Crippen LogP contribution in [-0.2, 0) is 19.1 Å². The zero-order chi connectivity index (χ0) is 19.7. The van der Waals surface area contributed by atoms with E-state index in [2.05, 4.69) is 20.8 Å². The number of rotatable bonds is 10. The van der Waals surface area contributed by atoms with Crippen molar-refractivity contribution in [3.63, 3.8) is 0 Å². The Morgan fingerprint density at radius 1 is 1.04 bits per heavy atom. The van der Waals surface area contributed by atoms with Crippen molar-refractivity contribution in [2.75, 3.05) is 14.2 Å². The molecule has 1 fully saturated rings. The summed E-state index contributed by atoms with van der Waals surface area (Å²) in [6, 6.07) is 0. The van der Waals surface area contributed by atoms with E-state index in [4.69, 9.17) is 21.1 Å². The molecule has 0 aromatic carbocycles. The second kappa shape index (κ2) is 11.2. The van der Waals surface area contributed by atoms with Crippen molar-refractivity contribution in [1.29, 1.82) is 0 Å². The van der Waals surface area contributed by atoms with Crippen LogP contribution in [0.5, 0.6) is 0 Å². The summed E-state index contributed by atoms with van der Waals surface area (Å²) < 4.78 is 9.79. The fraction of sp³-hybridized carbons (Fsp3) is 0.905. The summed E-state index contributed by atoms with van der Waals surface area (Å²) in [5.41, 5.74) is 0. The molecule has 0 N–H and O–H groups in total. The molecular weight excluding hydrogens is 352 g/mol. The average Bonchev–Trinajstić information content (AvgIpc) is 2.59. The molecular formula is C21H37ClO4. The van der Waals surface area contributed by atoms with Crippen LogP contribution in [0.25, 0.3) is 0 Å². The van der Waals surface area contributed by atoms with Gasteiger partial charge in [0.1, 0.15) is 0 Å². The topological polar surface area (TPSA) is 52.6 Å². The second-order valence-corrected chi connectivity index (χ2v) is 9.61. The maximum absolute atomic E-state index is 12.1. The van der Waals surface area contributed by atoms with E-state index in [9.17, 15) is 9.59 Å². The van der Waals surface area contributed by atoms with Gasteiger partial charge in [0, 0.05) is 4.87 Å². The van der Waals surface area contributed by atoms with E-state index in [1.807, 2.05) is 0 Å². The van der Waals surface area contributed by atoms with Gasteiger partial charge < -0.3 is 9.47 Å². The van der Waals surface area contributed by atoms with Crippen LogP contribution in [0.2, 0.25) is 0 Å². The summed E-state index contributed by atoms with van der Waals surface area (Å²) in [4.78, 5) is 23.9. The molecule has 0 radical (unpaired) electrons. The number of hydrogen-bond acceptors (Lipinski definition) is 4. The summed E-state index contributed by atoms with van der Waals surface area (Å²) in [5.74, 6) is -0.0567. The molecule has 1 rings (SSSR count). The van der Waals surface area contributed by atoms with Crippen LogP contribution < -0.4 is 0 Å². The molecule has 0 aliphatic heterocycles. The van der Waals surface area contributed by atoms with E-state index < -0.39 is 0 Å². The Morgan fingerprint density at radius 3 is 2.19 bits per heavy atom. The van der Waals surface area contributed by atoms with E-state index in [0.29, 0.717) is 11.8 Å². The highest BCUT2D eigenvalue weighted by molar-refractivity contribution is 6.23. The van der Waals surface area contributed by atoms with Crippen molar-refractivity contribution in [3.8, 4) is 0 Å². The molecule has 152 valence electrons. The number of carbonyl (C=O) groups is 2. The van der Waals surface area contributed by atoms with E-state index >= 15 is 0 Å². The Kier molecular flexibility index (Phi) is 9.99. The van der Waals surface area contributed by atoms with E-state index in [-0.39, 0.29) is 28.6 Å². The van der Waals surface area contributed by atoms with Crippen molar-refractivity contribution in [3.05, 3.63) is 0 Å². The molecule has 1 saturated carbocycles. The highest BCUT2D eigenvalue weighted by atomic mass is 35.5. The Labute approximate surface area is 164 Å². The smallest absolute Gasteiger partial charge is 0.309 e. The maximum atomic E-state index is 12.1. The van der Waals surface area contributed by atoms with Crippen LogP contribution in [0.3, 0.4) is 0 Å². The summed E-state index contributed by atoms with van der Waals surface area (Å²) in [5, 5.41) is 0. The fourth-order valence-electron chi connectivity index (χ4n) is 4.14. The quantitative estimate of drug-likeness (QED) is 0.373. The molecule has 0 spiro atoms. The van der Waals surface area contributed by atoms with Gasteiger partial charge in [-0.05, 0) is 51.4 Å². The first-order valence-corrected chi connectivity index (χ1v) is 10.4. The lowest BCUT2D eigenvalue weighted by molar-refractivity contribution is -0.160. The van der Waals surface area contributed by atoms with E-state index in [1.165, 1.54) is 39.9 Å². The van der Waals surface area contributed by atoms with Crippen molar-refractivity contribution < 1.29 is 19.1 Å². The normalized spacial score (nSPS) is 24.8. The van der Waals surface area contributed by atoms with Gasteiger partial charge in [-0.25, -0.2) is 0 Å². The van der Waals surface area contributed by atoms with Crippen molar-refractivity contribution in [2.24, 2.45) is 23.7 Å². The van der Waals surface area contributed by atoms with Crippen LogP contribution in [0.1, 0.15) is 78.6 Å². The first kappa shape index (κ1) is 23.3. The number of alkyl halides is 1. The number of esters is 2. The van der Waals surface area contributed by atoms with Crippen LogP contribution in [0, 0.1) is 23.7 Å². The lowest BCUT2D eigenvalue weighted by Crippen LogP contribution is -2.37. The van der Waals surface area contributed by atoms with Gasteiger partial charge in [-0.1, -0.05) is 39.0 Å². The predicted molar refractivity (Wildman–Crippen MR) is 105 cm³/mol. The Hall–Kier alpha value is -0.770. The van der Waals surface area contributed by atoms with Gasteiger partial charge in [0.2, 0.25) is 0 Å². The molecule has 0 heterocycles. The van der Waals surface area contributed by atoms with Crippen molar-refractivity contribution in [1.82, 2.24) is 0 Å². The maximum Gasteiger partial charge on any atom is 0.309 e. The molecule has 0 amide bonds. The molecule has 0 aromatic heterocycles. The van der Waals surface area contributed by atoms with Gasteiger partial charge >= 0.3 is 11.9 Å². The number of carbonyl (C=O) groups excluding carboxylic acids is 2. The highest BCUT2D eigenvalue weighted by Gasteiger charge is 2.40. The minimum absolute atomic E-state index is 0.0963. The van der Waals surface area contributed by atoms with Crippen LogP contribution in [-0.4, -0.2) is 31.0 Å². The van der Waals surface area contributed by atoms with Crippen molar-refractivity contribution in [2.45, 2.75) is 83.4 Å². The van der Waals surface area contributed by atoms with Gasteiger partial charge in [0.25, 0.3) is 0 Å². The van der Waals surface area contributed by atoms with Crippen LogP contribution in [0.15, 0.2) is 0 Å². The molecule has 1 aliphatic rings. The predicted octanol–water partition coefficient (Wildman–Crippen LogP) is 5.36. The standard InChI is InChI=1S/C21H37ClO4/c1-15(9-7-13-21(2,3)22)8-6-10-16-11-12-17(19(23)25-4)18(14-16)20(24)26-5/h15-18H,6-14H2,1-5H3. The lowest BCUT2D eigenvalue weighted by atomic mass is 9.72. The van der Waals surface area contributed by atoms with Gasteiger partial charge in [-0.2, -0.15) is 0 Å². The molecule has 0 aromatic rings.